The van der Waals surface area contributed by atoms with Gasteiger partial charge in [-0.3, -0.25) is 10.3 Å². The van der Waals surface area contributed by atoms with E-state index in [0.29, 0.717) is 5.92 Å². The van der Waals surface area contributed by atoms with E-state index in [4.69, 9.17) is 11.1 Å². The van der Waals surface area contributed by atoms with E-state index in [1.807, 2.05) is 19.1 Å². The summed E-state index contributed by atoms with van der Waals surface area (Å²) >= 11 is 0. The van der Waals surface area contributed by atoms with Crippen LogP contribution in [0.1, 0.15) is 30.0 Å². The summed E-state index contributed by atoms with van der Waals surface area (Å²) in [6.45, 7) is 6.85. The molecule has 4 N–H and O–H groups in total. The van der Waals surface area contributed by atoms with Gasteiger partial charge in [0.2, 0.25) is 0 Å². The molecule has 4 nitrogen and oxygen atoms in total. The van der Waals surface area contributed by atoms with Crippen LogP contribution in [0.15, 0.2) is 18.2 Å². The molecular formula is C15H23N3O. The van der Waals surface area contributed by atoms with Crippen molar-refractivity contribution in [1.82, 2.24) is 4.90 Å². The Morgan fingerprint density at radius 1 is 1.58 bits per heavy atom. The Morgan fingerprint density at radius 2 is 2.32 bits per heavy atom. The molecule has 0 amide bonds. The quantitative estimate of drug-likeness (QED) is 0.568. The molecule has 2 rings (SSSR count). The fraction of sp³-hybridized carbons (Fsp3) is 0.533. The second-order valence-corrected chi connectivity index (χ2v) is 5.58. The fourth-order valence-electron chi connectivity index (χ4n) is 2.68. The van der Waals surface area contributed by atoms with Crippen molar-refractivity contribution >= 4 is 5.84 Å². The Bertz CT molecular complexity index is 470. The van der Waals surface area contributed by atoms with Crippen LogP contribution in [0.5, 0.6) is 0 Å². The predicted molar refractivity (Wildman–Crippen MR) is 77.3 cm³/mol. The van der Waals surface area contributed by atoms with E-state index in [-0.39, 0.29) is 11.9 Å². The lowest BCUT2D eigenvalue weighted by Crippen LogP contribution is -2.24. The molecule has 1 fully saturated rings. The van der Waals surface area contributed by atoms with Crippen molar-refractivity contribution in [2.45, 2.75) is 32.9 Å². The molecule has 0 aromatic heterocycles. The van der Waals surface area contributed by atoms with E-state index in [9.17, 15) is 5.11 Å². The van der Waals surface area contributed by atoms with E-state index in [1.54, 1.807) is 0 Å². The minimum absolute atomic E-state index is 0.116. The SMILES string of the molecule is Cc1cc(C(=N)N)ccc1CN1CCC(C(C)O)C1. The van der Waals surface area contributed by atoms with E-state index in [0.717, 1.165) is 31.6 Å². The Labute approximate surface area is 114 Å². The molecule has 19 heavy (non-hydrogen) atoms. The minimum Gasteiger partial charge on any atom is -0.393 e. The maximum atomic E-state index is 9.62. The number of nitrogens with two attached hydrogens (primary N) is 1. The summed E-state index contributed by atoms with van der Waals surface area (Å²) < 4.78 is 0. The number of aryl methyl sites for hydroxylation is 1. The van der Waals surface area contributed by atoms with Gasteiger partial charge in [0.25, 0.3) is 0 Å². The van der Waals surface area contributed by atoms with Crippen molar-refractivity contribution in [3.05, 3.63) is 34.9 Å². The zero-order chi connectivity index (χ0) is 14.0. The maximum Gasteiger partial charge on any atom is 0.122 e. The zero-order valence-corrected chi connectivity index (χ0v) is 11.7. The van der Waals surface area contributed by atoms with E-state index < -0.39 is 0 Å². The van der Waals surface area contributed by atoms with Crippen molar-refractivity contribution in [1.29, 1.82) is 5.41 Å². The molecule has 1 aromatic carbocycles. The number of aliphatic hydroxyl groups excluding tert-OH is 1. The molecule has 1 aromatic rings. The number of rotatable bonds is 4. The number of nitrogens with zero attached hydrogens (tertiary/aromatic N) is 1. The molecule has 4 heteroatoms. The van der Waals surface area contributed by atoms with Crippen LogP contribution in [0, 0.1) is 18.3 Å². The van der Waals surface area contributed by atoms with E-state index in [1.165, 1.54) is 11.1 Å². The zero-order valence-electron chi connectivity index (χ0n) is 11.7. The Hall–Kier alpha value is -1.39. The third kappa shape index (κ3) is 3.33. The van der Waals surface area contributed by atoms with Crippen LogP contribution in [0.2, 0.25) is 0 Å². The summed E-state index contributed by atoms with van der Waals surface area (Å²) in [6, 6.07) is 5.94. The van der Waals surface area contributed by atoms with Crippen LogP contribution in [0.4, 0.5) is 0 Å². The lowest BCUT2D eigenvalue weighted by atomic mass is 10.0. The number of hydrogen-bond donors (Lipinski definition) is 3. The maximum absolute atomic E-state index is 9.62. The number of hydrogen-bond acceptors (Lipinski definition) is 3. The van der Waals surface area contributed by atoms with Crippen molar-refractivity contribution < 1.29 is 5.11 Å². The van der Waals surface area contributed by atoms with Crippen molar-refractivity contribution in [2.75, 3.05) is 13.1 Å². The molecule has 1 aliphatic heterocycles. The average Bonchev–Trinajstić information content (AvgIpc) is 2.80. The molecule has 0 bridgehead atoms. The van der Waals surface area contributed by atoms with Gasteiger partial charge in [-0.2, -0.15) is 0 Å². The molecular weight excluding hydrogens is 238 g/mol. The second-order valence-electron chi connectivity index (χ2n) is 5.58. The van der Waals surface area contributed by atoms with Crippen LogP contribution in [-0.4, -0.2) is 35.0 Å². The molecule has 0 spiro atoms. The monoisotopic (exact) mass is 261 g/mol. The van der Waals surface area contributed by atoms with Crippen molar-refractivity contribution in [3.63, 3.8) is 0 Å². The van der Waals surface area contributed by atoms with Crippen LogP contribution in [-0.2, 0) is 6.54 Å². The van der Waals surface area contributed by atoms with Crippen LogP contribution < -0.4 is 5.73 Å². The Morgan fingerprint density at radius 3 is 2.84 bits per heavy atom. The van der Waals surface area contributed by atoms with Crippen molar-refractivity contribution in [3.8, 4) is 0 Å². The Balaban J connectivity index is 2.02. The van der Waals surface area contributed by atoms with Gasteiger partial charge < -0.3 is 10.8 Å². The predicted octanol–water partition coefficient (Wildman–Crippen LogP) is 1.48. The standard InChI is InChI=1S/C15H23N3O/c1-10-7-12(15(16)17)3-4-13(10)8-18-6-5-14(9-18)11(2)19/h3-4,7,11,14,19H,5-6,8-9H2,1-2H3,(H3,16,17). The number of nitrogens with one attached hydrogen (secondary N) is 1. The third-order valence-electron chi connectivity index (χ3n) is 4.04. The number of likely N-dealkylation sites (tertiary alicyclic amines) is 1. The van der Waals surface area contributed by atoms with Gasteiger partial charge in [-0.25, -0.2) is 0 Å². The molecule has 104 valence electrons. The first kappa shape index (κ1) is 14.0. The fourth-order valence-corrected chi connectivity index (χ4v) is 2.68. The van der Waals surface area contributed by atoms with Gasteiger partial charge in [0.05, 0.1) is 6.10 Å². The van der Waals surface area contributed by atoms with Gasteiger partial charge in [0, 0.05) is 18.7 Å². The van der Waals surface area contributed by atoms with Crippen molar-refractivity contribution in [2.24, 2.45) is 11.7 Å². The van der Waals surface area contributed by atoms with Gasteiger partial charge in [-0.15, -0.1) is 0 Å². The highest BCUT2D eigenvalue weighted by atomic mass is 16.3. The van der Waals surface area contributed by atoms with Gasteiger partial charge in [0.1, 0.15) is 5.84 Å². The highest BCUT2D eigenvalue weighted by Crippen LogP contribution is 2.22. The smallest absolute Gasteiger partial charge is 0.122 e. The normalized spacial score (nSPS) is 21.5. The van der Waals surface area contributed by atoms with Crippen LogP contribution in [0.25, 0.3) is 0 Å². The molecule has 2 atom stereocenters. The average molecular weight is 261 g/mol. The van der Waals surface area contributed by atoms with Gasteiger partial charge >= 0.3 is 0 Å². The lowest BCUT2D eigenvalue weighted by molar-refractivity contribution is 0.127. The highest BCUT2D eigenvalue weighted by molar-refractivity contribution is 5.95. The summed E-state index contributed by atoms with van der Waals surface area (Å²) in [7, 11) is 0. The summed E-state index contributed by atoms with van der Waals surface area (Å²) in [5.74, 6) is 0.516. The summed E-state index contributed by atoms with van der Waals surface area (Å²) in [5.41, 5.74) is 8.72. The summed E-state index contributed by atoms with van der Waals surface area (Å²) in [6.07, 6.45) is 0.855. The van der Waals surface area contributed by atoms with Gasteiger partial charge in [-0.05, 0) is 49.9 Å². The highest BCUT2D eigenvalue weighted by Gasteiger charge is 2.25. The summed E-state index contributed by atoms with van der Waals surface area (Å²) in [4.78, 5) is 2.38. The summed E-state index contributed by atoms with van der Waals surface area (Å²) in [5, 5.41) is 17.1. The molecule has 0 radical (unpaired) electrons. The number of amidine groups is 1. The topological polar surface area (TPSA) is 73.3 Å². The lowest BCUT2D eigenvalue weighted by Gasteiger charge is -2.19. The first-order chi connectivity index (χ1) is 8.97. The van der Waals surface area contributed by atoms with Crippen LogP contribution in [0.3, 0.4) is 0 Å². The number of nitrogen functional groups attached to an aromatic ring is 1. The van der Waals surface area contributed by atoms with Gasteiger partial charge in [-0.1, -0.05) is 12.1 Å². The van der Waals surface area contributed by atoms with E-state index >= 15 is 0 Å². The molecule has 0 saturated carbocycles. The second kappa shape index (κ2) is 5.72. The molecule has 2 unspecified atom stereocenters. The first-order valence-electron chi connectivity index (χ1n) is 6.81. The molecule has 1 saturated heterocycles. The number of benzene rings is 1. The molecule has 0 aliphatic carbocycles. The van der Waals surface area contributed by atoms with Crippen LogP contribution >= 0.6 is 0 Å². The third-order valence-corrected chi connectivity index (χ3v) is 4.04. The molecule has 1 heterocycles. The largest absolute Gasteiger partial charge is 0.393 e. The Kier molecular flexibility index (Phi) is 4.22. The molecule has 1 aliphatic rings. The first-order valence-corrected chi connectivity index (χ1v) is 6.81. The number of aliphatic hydroxyl groups is 1. The van der Waals surface area contributed by atoms with Gasteiger partial charge in [0.15, 0.2) is 0 Å². The minimum atomic E-state index is -0.216. The van der Waals surface area contributed by atoms with E-state index in [2.05, 4.69) is 17.9 Å².